The number of hydrogen-bond acceptors (Lipinski definition) is 3. The number of aryl methyl sites for hydroxylation is 1. The zero-order valence-electron chi connectivity index (χ0n) is 12.8. The topological polar surface area (TPSA) is 58.2 Å². The molecular formula is C16H17ClN2O2S2. The van der Waals surface area contributed by atoms with E-state index < -0.39 is 10.0 Å². The first kappa shape index (κ1) is 17.7. The fourth-order valence-electron chi connectivity index (χ4n) is 1.97. The first-order chi connectivity index (χ1) is 10.8. The van der Waals surface area contributed by atoms with Crippen LogP contribution in [-0.4, -0.2) is 20.0 Å². The van der Waals surface area contributed by atoms with Gasteiger partial charge >= 0.3 is 0 Å². The molecule has 0 atom stereocenters. The Morgan fingerprint density at radius 2 is 1.83 bits per heavy atom. The predicted molar refractivity (Wildman–Crippen MR) is 98.8 cm³/mol. The maximum Gasteiger partial charge on any atom is 0.261 e. The lowest BCUT2D eigenvalue weighted by Gasteiger charge is -2.14. The van der Waals surface area contributed by atoms with E-state index in [0.29, 0.717) is 27.8 Å². The highest BCUT2D eigenvalue weighted by Gasteiger charge is 2.17. The van der Waals surface area contributed by atoms with Crippen molar-refractivity contribution in [1.29, 1.82) is 0 Å². The molecule has 0 bridgehead atoms. The molecule has 122 valence electrons. The SMILES string of the molecule is CCNC(=S)c1cc(Cl)ccc1NS(=O)(=O)c1ccc(C)cc1. The largest absolute Gasteiger partial charge is 0.376 e. The summed E-state index contributed by atoms with van der Waals surface area (Å²) in [6.07, 6.45) is 0. The third-order valence-electron chi connectivity index (χ3n) is 3.14. The molecule has 0 radical (unpaired) electrons. The molecule has 0 aliphatic carbocycles. The second-order valence-corrected chi connectivity index (χ2v) is 7.49. The summed E-state index contributed by atoms with van der Waals surface area (Å²) in [5.41, 5.74) is 1.93. The van der Waals surface area contributed by atoms with Crippen LogP contribution in [0.5, 0.6) is 0 Å². The van der Waals surface area contributed by atoms with Gasteiger partial charge in [0.05, 0.1) is 10.6 Å². The molecule has 7 heteroatoms. The van der Waals surface area contributed by atoms with Crippen molar-refractivity contribution >= 4 is 44.5 Å². The van der Waals surface area contributed by atoms with Crippen molar-refractivity contribution in [2.75, 3.05) is 11.3 Å². The van der Waals surface area contributed by atoms with Crippen LogP contribution in [0.15, 0.2) is 47.4 Å². The van der Waals surface area contributed by atoms with E-state index in [4.69, 9.17) is 23.8 Å². The van der Waals surface area contributed by atoms with Crippen molar-refractivity contribution in [1.82, 2.24) is 5.32 Å². The van der Waals surface area contributed by atoms with Gasteiger partial charge in [0.25, 0.3) is 10.0 Å². The van der Waals surface area contributed by atoms with Crippen LogP contribution in [0.3, 0.4) is 0 Å². The molecular weight excluding hydrogens is 352 g/mol. The summed E-state index contributed by atoms with van der Waals surface area (Å²) < 4.78 is 27.6. The van der Waals surface area contributed by atoms with Gasteiger partial charge in [-0.1, -0.05) is 41.5 Å². The molecule has 0 saturated carbocycles. The van der Waals surface area contributed by atoms with Gasteiger partial charge in [0, 0.05) is 17.1 Å². The lowest BCUT2D eigenvalue weighted by molar-refractivity contribution is 0.601. The lowest BCUT2D eigenvalue weighted by Crippen LogP contribution is -2.24. The monoisotopic (exact) mass is 368 g/mol. The molecule has 0 fully saturated rings. The first-order valence-corrected chi connectivity index (χ1v) is 9.27. The molecule has 0 unspecified atom stereocenters. The standard InChI is InChI=1S/C16H17ClN2O2S2/c1-3-18-16(22)14-10-12(17)6-9-15(14)19-23(20,21)13-7-4-11(2)5-8-13/h4-10,19H,3H2,1-2H3,(H,18,22). The van der Waals surface area contributed by atoms with Crippen LogP contribution >= 0.6 is 23.8 Å². The van der Waals surface area contributed by atoms with Crippen molar-refractivity contribution in [3.63, 3.8) is 0 Å². The molecule has 4 nitrogen and oxygen atoms in total. The number of thiocarbonyl (C=S) groups is 1. The smallest absolute Gasteiger partial charge is 0.261 e. The molecule has 23 heavy (non-hydrogen) atoms. The summed E-state index contributed by atoms with van der Waals surface area (Å²) in [6, 6.07) is 11.5. The average Bonchev–Trinajstić information content (AvgIpc) is 2.49. The minimum absolute atomic E-state index is 0.193. The Morgan fingerprint density at radius 3 is 2.43 bits per heavy atom. The van der Waals surface area contributed by atoms with Crippen molar-refractivity contribution in [3.05, 3.63) is 58.6 Å². The van der Waals surface area contributed by atoms with E-state index in [-0.39, 0.29) is 4.90 Å². The van der Waals surface area contributed by atoms with E-state index in [1.807, 2.05) is 13.8 Å². The number of hydrogen-bond donors (Lipinski definition) is 2. The van der Waals surface area contributed by atoms with Crippen LogP contribution in [0.2, 0.25) is 5.02 Å². The molecule has 0 amide bonds. The van der Waals surface area contributed by atoms with Gasteiger partial charge in [-0.15, -0.1) is 0 Å². The summed E-state index contributed by atoms with van der Waals surface area (Å²) >= 11 is 11.3. The highest BCUT2D eigenvalue weighted by Crippen LogP contribution is 2.24. The Balaban J connectivity index is 2.39. The number of anilines is 1. The van der Waals surface area contributed by atoms with Gasteiger partial charge in [0.1, 0.15) is 4.99 Å². The van der Waals surface area contributed by atoms with Crippen molar-refractivity contribution < 1.29 is 8.42 Å². The maximum atomic E-state index is 12.5. The molecule has 0 aliphatic heterocycles. The molecule has 0 aliphatic rings. The Labute approximate surface area is 146 Å². The van der Waals surface area contributed by atoms with Crippen molar-refractivity contribution in [3.8, 4) is 0 Å². The van der Waals surface area contributed by atoms with Crippen LogP contribution in [0.4, 0.5) is 5.69 Å². The van der Waals surface area contributed by atoms with Crippen LogP contribution in [0, 0.1) is 6.92 Å². The van der Waals surface area contributed by atoms with Gasteiger partial charge in [-0.05, 0) is 44.2 Å². The van der Waals surface area contributed by atoms with Gasteiger partial charge in [-0.2, -0.15) is 0 Å². The molecule has 0 heterocycles. The third kappa shape index (κ3) is 4.43. The van der Waals surface area contributed by atoms with Gasteiger partial charge < -0.3 is 5.32 Å². The number of benzene rings is 2. The van der Waals surface area contributed by atoms with Gasteiger partial charge in [-0.25, -0.2) is 8.42 Å². The number of sulfonamides is 1. The molecule has 0 saturated heterocycles. The van der Waals surface area contributed by atoms with E-state index in [1.54, 1.807) is 42.5 Å². The van der Waals surface area contributed by atoms with E-state index >= 15 is 0 Å². The Morgan fingerprint density at radius 1 is 1.17 bits per heavy atom. The molecule has 2 aromatic carbocycles. The maximum absolute atomic E-state index is 12.5. The predicted octanol–water partition coefficient (Wildman–Crippen LogP) is 3.73. The van der Waals surface area contributed by atoms with Crippen molar-refractivity contribution in [2.45, 2.75) is 18.7 Å². The number of rotatable bonds is 5. The zero-order valence-corrected chi connectivity index (χ0v) is 15.1. The normalized spacial score (nSPS) is 11.1. The summed E-state index contributed by atoms with van der Waals surface area (Å²) in [6.45, 7) is 4.44. The van der Waals surface area contributed by atoms with E-state index in [0.717, 1.165) is 5.56 Å². The molecule has 2 rings (SSSR count). The summed E-state index contributed by atoms with van der Waals surface area (Å²) in [7, 11) is -3.69. The van der Waals surface area contributed by atoms with E-state index in [1.165, 1.54) is 0 Å². The second kappa shape index (κ2) is 7.29. The number of nitrogens with one attached hydrogen (secondary N) is 2. The lowest BCUT2D eigenvalue weighted by atomic mass is 10.2. The average molecular weight is 369 g/mol. The van der Waals surface area contributed by atoms with Crippen LogP contribution in [0.25, 0.3) is 0 Å². The van der Waals surface area contributed by atoms with Gasteiger partial charge in [0.2, 0.25) is 0 Å². The Bertz CT molecular complexity index is 818. The van der Waals surface area contributed by atoms with Gasteiger partial charge in [0.15, 0.2) is 0 Å². The quantitative estimate of drug-likeness (QED) is 0.789. The van der Waals surface area contributed by atoms with E-state index in [9.17, 15) is 8.42 Å². The third-order valence-corrected chi connectivity index (χ3v) is 5.12. The summed E-state index contributed by atoms with van der Waals surface area (Å²) in [4.78, 5) is 0.634. The molecule has 0 spiro atoms. The zero-order chi connectivity index (χ0) is 17.0. The minimum Gasteiger partial charge on any atom is -0.376 e. The molecule has 2 N–H and O–H groups in total. The van der Waals surface area contributed by atoms with Gasteiger partial charge in [-0.3, -0.25) is 4.72 Å². The fourth-order valence-corrected chi connectivity index (χ4v) is 3.54. The highest BCUT2D eigenvalue weighted by atomic mass is 35.5. The van der Waals surface area contributed by atoms with Crippen LogP contribution in [-0.2, 0) is 10.0 Å². The minimum atomic E-state index is -3.69. The van der Waals surface area contributed by atoms with Crippen molar-refractivity contribution in [2.24, 2.45) is 0 Å². The molecule has 2 aromatic rings. The summed E-state index contributed by atoms with van der Waals surface area (Å²) in [5, 5.41) is 3.49. The Hall–Kier alpha value is -1.63. The number of halogens is 1. The Kier molecular flexibility index (Phi) is 5.62. The fraction of sp³-hybridized carbons (Fsp3) is 0.188. The van der Waals surface area contributed by atoms with Crippen LogP contribution < -0.4 is 10.0 Å². The van der Waals surface area contributed by atoms with Crippen LogP contribution in [0.1, 0.15) is 18.1 Å². The first-order valence-electron chi connectivity index (χ1n) is 7.00. The van der Waals surface area contributed by atoms with E-state index in [2.05, 4.69) is 10.0 Å². The summed E-state index contributed by atoms with van der Waals surface area (Å²) in [5.74, 6) is 0. The highest BCUT2D eigenvalue weighted by molar-refractivity contribution is 7.92. The second-order valence-electron chi connectivity index (χ2n) is 4.97. The molecule has 0 aromatic heterocycles.